The molecule has 8 nitrogen and oxygen atoms in total. The topological polar surface area (TPSA) is 92.3 Å². The van der Waals surface area contributed by atoms with E-state index in [-0.39, 0.29) is 24.5 Å². The zero-order valence-electron chi connectivity index (χ0n) is 19.5. The van der Waals surface area contributed by atoms with E-state index in [9.17, 15) is 9.59 Å². The predicted molar refractivity (Wildman–Crippen MR) is 135 cm³/mol. The third-order valence-corrected chi connectivity index (χ3v) is 6.71. The molecule has 178 valence electrons. The van der Waals surface area contributed by atoms with Crippen molar-refractivity contribution in [3.05, 3.63) is 65.4 Å². The number of amides is 2. The Morgan fingerprint density at radius 1 is 1.06 bits per heavy atom. The lowest BCUT2D eigenvalue weighted by Crippen LogP contribution is -2.43. The first-order valence-corrected chi connectivity index (χ1v) is 12.0. The van der Waals surface area contributed by atoms with Crippen molar-refractivity contribution in [1.29, 1.82) is 0 Å². The zero-order valence-corrected chi connectivity index (χ0v) is 20.3. The number of methoxy groups -OCH3 is 2. The average molecular weight is 481 g/mol. The van der Waals surface area contributed by atoms with Crippen LogP contribution in [0.4, 0.5) is 11.4 Å². The number of ether oxygens (including phenoxy) is 2. The summed E-state index contributed by atoms with van der Waals surface area (Å²) in [6.45, 7) is 2.69. The van der Waals surface area contributed by atoms with E-state index in [1.54, 1.807) is 18.9 Å². The molecule has 1 atom stereocenters. The molecule has 2 N–H and O–H groups in total. The van der Waals surface area contributed by atoms with Crippen LogP contribution in [0.25, 0.3) is 0 Å². The van der Waals surface area contributed by atoms with Crippen LogP contribution in [0.1, 0.15) is 24.9 Å². The lowest BCUT2D eigenvalue weighted by atomic mass is 9.93. The summed E-state index contributed by atoms with van der Waals surface area (Å²) in [6.07, 6.45) is 1.01. The van der Waals surface area contributed by atoms with Crippen LogP contribution in [0.15, 0.2) is 64.8 Å². The van der Waals surface area contributed by atoms with Crippen LogP contribution in [0.3, 0.4) is 0 Å². The van der Waals surface area contributed by atoms with Gasteiger partial charge in [0.15, 0.2) is 5.17 Å². The van der Waals surface area contributed by atoms with Crippen LogP contribution in [0.2, 0.25) is 0 Å². The quantitative estimate of drug-likeness (QED) is 0.621. The summed E-state index contributed by atoms with van der Waals surface area (Å²) >= 11 is 1.71. The molecule has 2 amide bonds. The fourth-order valence-electron chi connectivity index (χ4n) is 4.06. The smallest absolute Gasteiger partial charge is 0.255 e. The van der Waals surface area contributed by atoms with E-state index < -0.39 is 0 Å². The van der Waals surface area contributed by atoms with Gasteiger partial charge in [-0.1, -0.05) is 23.9 Å². The Balaban J connectivity index is 1.64. The minimum atomic E-state index is -0.276. The van der Waals surface area contributed by atoms with Crippen molar-refractivity contribution in [2.24, 2.45) is 4.99 Å². The molecule has 1 saturated heterocycles. The second-order valence-electron chi connectivity index (χ2n) is 7.98. The van der Waals surface area contributed by atoms with Gasteiger partial charge in [-0.3, -0.25) is 9.59 Å². The summed E-state index contributed by atoms with van der Waals surface area (Å²) in [4.78, 5) is 32.3. The lowest BCUT2D eigenvalue weighted by molar-refractivity contribution is -0.119. The van der Waals surface area contributed by atoms with Gasteiger partial charge < -0.3 is 25.0 Å². The van der Waals surface area contributed by atoms with E-state index in [1.807, 2.05) is 55.5 Å². The molecule has 2 aromatic carbocycles. The number of fused-ring (bicyclic) bond motifs is 1. The molecular weight excluding hydrogens is 452 g/mol. The average Bonchev–Trinajstić information content (AvgIpc) is 2.84. The fourth-order valence-corrected chi connectivity index (χ4v) is 5.08. The minimum Gasteiger partial charge on any atom is -0.497 e. The second kappa shape index (κ2) is 10.8. The summed E-state index contributed by atoms with van der Waals surface area (Å²) in [5.41, 5.74) is 3.63. The highest BCUT2D eigenvalue weighted by Crippen LogP contribution is 2.40. The number of hydrogen-bond acceptors (Lipinski definition) is 7. The predicted octanol–water partition coefficient (Wildman–Crippen LogP) is 4.04. The zero-order chi connectivity index (χ0) is 24.1. The Bertz CT molecular complexity index is 1110. The third kappa shape index (κ3) is 5.26. The molecule has 0 bridgehead atoms. The Hall–Kier alpha value is -3.30. The van der Waals surface area contributed by atoms with Crippen molar-refractivity contribution in [2.75, 3.05) is 43.8 Å². The van der Waals surface area contributed by atoms with Gasteiger partial charge in [-0.15, -0.1) is 0 Å². The number of nitrogens with zero attached hydrogens (tertiary/aromatic N) is 2. The van der Waals surface area contributed by atoms with Crippen LogP contribution in [0.5, 0.6) is 5.75 Å². The van der Waals surface area contributed by atoms with Crippen LogP contribution >= 0.6 is 11.8 Å². The highest BCUT2D eigenvalue weighted by Gasteiger charge is 2.37. The van der Waals surface area contributed by atoms with Crippen molar-refractivity contribution in [1.82, 2.24) is 4.90 Å². The number of rotatable bonds is 7. The Kier molecular flexibility index (Phi) is 7.54. The molecular formula is C25H28N4O4S. The maximum absolute atomic E-state index is 13.5. The van der Waals surface area contributed by atoms with Gasteiger partial charge in [-0.2, -0.15) is 0 Å². The molecule has 0 aliphatic carbocycles. The van der Waals surface area contributed by atoms with Crippen molar-refractivity contribution in [2.45, 2.75) is 19.4 Å². The van der Waals surface area contributed by atoms with Crippen LogP contribution in [0, 0.1) is 0 Å². The molecule has 2 aromatic rings. The normalized spacial score (nSPS) is 17.6. The molecule has 2 aliphatic heterocycles. The fraction of sp³-hybridized carbons (Fsp3) is 0.320. The number of nitrogens with one attached hydrogen (secondary N) is 2. The van der Waals surface area contributed by atoms with E-state index in [4.69, 9.17) is 14.5 Å². The Morgan fingerprint density at radius 2 is 1.74 bits per heavy atom. The molecule has 1 unspecified atom stereocenters. The molecule has 4 rings (SSSR count). The van der Waals surface area contributed by atoms with Gasteiger partial charge in [0, 0.05) is 30.8 Å². The van der Waals surface area contributed by atoms with E-state index in [0.29, 0.717) is 22.6 Å². The lowest BCUT2D eigenvalue weighted by Gasteiger charge is -2.41. The first-order valence-electron chi connectivity index (χ1n) is 11.0. The largest absolute Gasteiger partial charge is 0.497 e. The molecule has 0 radical (unpaired) electrons. The van der Waals surface area contributed by atoms with Crippen molar-refractivity contribution in [3.8, 4) is 5.75 Å². The number of carbonyl (C=O) groups is 2. The number of carbonyl (C=O) groups excluding carboxylic acids is 2. The molecule has 2 heterocycles. The first kappa shape index (κ1) is 23.8. The van der Waals surface area contributed by atoms with Gasteiger partial charge in [0.25, 0.3) is 5.91 Å². The number of allylic oxidation sites excluding steroid dienone is 1. The van der Waals surface area contributed by atoms with E-state index >= 15 is 0 Å². The van der Waals surface area contributed by atoms with Crippen molar-refractivity contribution in [3.63, 3.8) is 0 Å². The maximum atomic E-state index is 13.5. The first-order chi connectivity index (χ1) is 16.5. The summed E-state index contributed by atoms with van der Waals surface area (Å²) in [5, 5.41) is 6.76. The second-order valence-corrected chi connectivity index (χ2v) is 9.04. The standard InChI is InChI=1S/C25H28N4O4S/c1-16-22(24(31)28-19-9-11-20(33-3)12-10-19)23(29-13-4-14-34-25(29)26-16)17-5-7-18(8-6-17)27-21(30)15-32-2/h5-12,23H,4,13-15H2,1-3H3,(H,27,30)(H,28,31). The molecule has 1 fully saturated rings. The van der Waals surface area contributed by atoms with Crippen LogP contribution in [-0.2, 0) is 14.3 Å². The molecule has 34 heavy (non-hydrogen) atoms. The number of anilines is 2. The highest BCUT2D eigenvalue weighted by atomic mass is 32.2. The molecule has 0 spiro atoms. The van der Waals surface area contributed by atoms with Gasteiger partial charge in [0.05, 0.1) is 24.4 Å². The van der Waals surface area contributed by atoms with E-state index in [2.05, 4.69) is 15.5 Å². The van der Waals surface area contributed by atoms with Gasteiger partial charge in [0.2, 0.25) is 5.91 Å². The summed E-state index contributed by atoms with van der Waals surface area (Å²) < 4.78 is 10.1. The third-order valence-electron chi connectivity index (χ3n) is 5.64. The summed E-state index contributed by atoms with van der Waals surface area (Å²) in [6, 6.07) is 14.6. The summed E-state index contributed by atoms with van der Waals surface area (Å²) in [5.74, 6) is 1.32. The van der Waals surface area contributed by atoms with Gasteiger partial charge in [-0.25, -0.2) is 4.99 Å². The van der Waals surface area contributed by atoms with Crippen molar-refractivity contribution >= 4 is 40.1 Å². The Morgan fingerprint density at radius 3 is 2.41 bits per heavy atom. The van der Waals surface area contributed by atoms with Crippen molar-refractivity contribution < 1.29 is 19.1 Å². The molecule has 0 saturated carbocycles. The highest BCUT2D eigenvalue weighted by molar-refractivity contribution is 8.13. The molecule has 0 aromatic heterocycles. The maximum Gasteiger partial charge on any atom is 0.255 e. The SMILES string of the molecule is COCC(=O)Nc1ccc(C2C(C(=O)Nc3ccc(OC)cc3)=C(C)N=C3SCCCN32)cc1. The van der Waals surface area contributed by atoms with Crippen LogP contribution in [-0.4, -0.2) is 55.0 Å². The Labute approximate surface area is 203 Å². The number of thioether (sulfide) groups is 1. The number of amidine groups is 1. The van der Waals surface area contributed by atoms with Gasteiger partial charge >= 0.3 is 0 Å². The molecule has 9 heteroatoms. The molecule has 2 aliphatic rings. The van der Waals surface area contributed by atoms with Gasteiger partial charge in [-0.05, 0) is 55.3 Å². The number of benzene rings is 2. The van der Waals surface area contributed by atoms with E-state index in [1.165, 1.54) is 7.11 Å². The minimum absolute atomic E-state index is 0.00713. The number of hydrogen-bond donors (Lipinski definition) is 2. The van der Waals surface area contributed by atoms with E-state index in [0.717, 1.165) is 35.2 Å². The number of aliphatic imine (C=N–C) groups is 1. The monoisotopic (exact) mass is 480 g/mol. The van der Waals surface area contributed by atoms with Gasteiger partial charge in [0.1, 0.15) is 12.4 Å². The summed E-state index contributed by atoms with van der Waals surface area (Å²) in [7, 11) is 3.09. The van der Waals surface area contributed by atoms with Crippen LogP contribution < -0.4 is 15.4 Å².